The van der Waals surface area contributed by atoms with Crippen LogP contribution in [-0.4, -0.2) is 38.1 Å². The molecule has 0 aliphatic carbocycles. The number of hydrogen-bond donors (Lipinski definition) is 1. The van der Waals surface area contributed by atoms with Crippen molar-refractivity contribution in [3.63, 3.8) is 0 Å². The van der Waals surface area contributed by atoms with Crippen LogP contribution in [0.5, 0.6) is 0 Å². The summed E-state index contributed by atoms with van der Waals surface area (Å²) in [6.07, 6.45) is 2.28. The highest BCUT2D eigenvalue weighted by atomic mass is 19.1. The maximum atomic E-state index is 13.8. The van der Waals surface area contributed by atoms with E-state index in [0.717, 1.165) is 37.2 Å². The summed E-state index contributed by atoms with van der Waals surface area (Å²) in [7, 11) is 4.27. The molecule has 1 saturated heterocycles. The van der Waals surface area contributed by atoms with E-state index < -0.39 is 0 Å². The van der Waals surface area contributed by atoms with Gasteiger partial charge >= 0.3 is 0 Å². The Morgan fingerprint density at radius 3 is 2.40 bits per heavy atom. The van der Waals surface area contributed by atoms with Gasteiger partial charge in [0.2, 0.25) is 0 Å². The summed E-state index contributed by atoms with van der Waals surface area (Å²) >= 11 is 0. The molecule has 2 N–H and O–H groups in total. The molecule has 112 valence electrons. The fraction of sp³-hybridized carbons (Fsp3) is 0.625. The molecule has 1 fully saturated rings. The minimum Gasteiger partial charge on any atom is -0.371 e. The molecule has 1 aromatic carbocycles. The predicted octanol–water partition coefficient (Wildman–Crippen LogP) is 2.68. The first-order chi connectivity index (χ1) is 9.40. The lowest BCUT2D eigenvalue weighted by molar-refractivity contribution is 0.249. The molecule has 4 heteroatoms. The second-order valence-corrected chi connectivity index (χ2v) is 6.13. The first kappa shape index (κ1) is 15.3. The zero-order valence-electron chi connectivity index (χ0n) is 13.0. The third kappa shape index (κ3) is 3.13. The van der Waals surface area contributed by atoms with Gasteiger partial charge in [0.25, 0.3) is 0 Å². The second-order valence-electron chi connectivity index (χ2n) is 6.13. The number of anilines is 1. The monoisotopic (exact) mass is 279 g/mol. The number of rotatable bonds is 3. The largest absolute Gasteiger partial charge is 0.371 e. The summed E-state index contributed by atoms with van der Waals surface area (Å²) in [6.45, 7) is 5.75. The van der Waals surface area contributed by atoms with E-state index in [9.17, 15) is 4.39 Å². The number of halogens is 1. The Labute approximate surface area is 121 Å². The number of piperidine rings is 1. The minimum atomic E-state index is -0.163. The summed E-state index contributed by atoms with van der Waals surface area (Å²) in [4.78, 5) is 4.64. The van der Waals surface area contributed by atoms with Crippen LogP contribution in [0.15, 0.2) is 12.1 Å². The van der Waals surface area contributed by atoms with Gasteiger partial charge in [-0.25, -0.2) is 4.39 Å². The third-order valence-electron chi connectivity index (χ3n) is 4.33. The van der Waals surface area contributed by atoms with E-state index in [0.29, 0.717) is 11.6 Å². The van der Waals surface area contributed by atoms with Crippen molar-refractivity contribution in [1.82, 2.24) is 4.90 Å². The molecule has 0 saturated carbocycles. The van der Waals surface area contributed by atoms with Crippen LogP contribution in [0.3, 0.4) is 0 Å². The third-order valence-corrected chi connectivity index (χ3v) is 4.33. The smallest absolute Gasteiger partial charge is 0.126 e. The van der Waals surface area contributed by atoms with Gasteiger partial charge < -0.3 is 15.5 Å². The molecule has 1 heterocycles. The molecule has 0 bridgehead atoms. The van der Waals surface area contributed by atoms with Crippen molar-refractivity contribution in [1.29, 1.82) is 0 Å². The van der Waals surface area contributed by atoms with Crippen molar-refractivity contribution in [2.75, 3.05) is 32.1 Å². The van der Waals surface area contributed by atoms with E-state index >= 15 is 0 Å². The van der Waals surface area contributed by atoms with E-state index in [2.05, 4.69) is 23.9 Å². The standard InChI is InChI=1S/C16H26FN3/c1-11-9-16(14(12(2)18)10-15(11)17)20-7-5-13(6-8-20)19(3)4/h9-10,12-13H,5-8,18H2,1-4H3/t12-/m1/s1. The Morgan fingerprint density at radius 1 is 1.30 bits per heavy atom. The fourth-order valence-electron chi connectivity index (χ4n) is 2.94. The van der Waals surface area contributed by atoms with Gasteiger partial charge in [0.05, 0.1) is 0 Å². The van der Waals surface area contributed by atoms with Gasteiger partial charge in [0.15, 0.2) is 0 Å². The van der Waals surface area contributed by atoms with Gasteiger partial charge in [-0.3, -0.25) is 0 Å². The molecule has 0 unspecified atom stereocenters. The first-order valence-corrected chi connectivity index (χ1v) is 7.37. The summed E-state index contributed by atoms with van der Waals surface area (Å²) in [5.74, 6) is -0.163. The van der Waals surface area contributed by atoms with E-state index in [1.165, 1.54) is 0 Å². The number of nitrogens with two attached hydrogens (primary N) is 1. The molecule has 0 spiro atoms. The fourth-order valence-corrected chi connectivity index (χ4v) is 2.94. The van der Waals surface area contributed by atoms with Crippen molar-refractivity contribution in [3.8, 4) is 0 Å². The molecule has 1 aromatic rings. The Balaban J connectivity index is 2.23. The van der Waals surface area contributed by atoms with Gasteiger partial charge in [0.1, 0.15) is 5.82 Å². The molecule has 0 radical (unpaired) electrons. The lowest BCUT2D eigenvalue weighted by atomic mass is 9.98. The molecule has 1 aliphatic heterocycles. The van der Waals surface area contributed by atoms with Gasteiger partial charge in [-0.1, -0.05) is 0 Å². The highest BCUT2D eigenvalue weighted by Crippen LogP contribution is 2.30. The lowest BCUT2D eigenvalue weighted by Crippen LogP contribution is -2.42. The molecule has 0 aromatic heterocycles. The number of hydrogen-bond acceptors (Lipinski definition) is 3. The Bertz CT molecular complexity index is 463. The normalized spacial score (nSPS) is 18.6. The maximum Gasteiger partial charge on any atom is 0.126 e. The lowest BCUT2D eigenvalue weighted by Gasteiger charge is -2.38. The molecule has 3 nitrogen and oxygen atoms in total. The average Bonchev–Trinajstić information content (AvgIpc) is 2.41. The molecule has 1 aliphatic rings. The summed E-state index contributed by atoms with van der Waals surface area (Å²) in [5, 5.41) is 0. The van der Waals surface area contributed by atoms with Crippen LogP contribution in [0.25, 0.3) is 0 Å². The van der Waals surface area contributed by atoms with Gasteiger partial charge in [0, 0.05) is 30.9 Å². The molecule has 1 atom stereocenters. The Kier molecular flexibility index (Phi) is 4.66. The average molecular weight is 279 g/mol. The topological polar surface area (TPSA) is 32.5 Å². The molecule has 20 heavy (non-hydrogen) atoms. The molecule has 2 rings (SSSR count). The highest BCUT2D eigenvalue weighted by molar-refractivity contribution is 5.57. The van der Waals surface area contributed by atoms with Crippen LogP contribution in [0.1, 0.15) is 36.9 Å². The molecule has 0 amide bonds. The van der Waals surface area contributed by atoms with E-state index in [1.807, 2.05) is 19.9 Å². The summed E-state index contributed by atoms with van der Waals surface area (Å²) in [5.41, 5.74) is 8.73. The zero-order valence-corrected chi connectivity index (χ0v) is 13.0. The van der Waals surface area contributed by atoms with Crippen LogP contribution in [-0.2, 0) is 0 Å². The Hall–Kier alpha value is -1.13. The summed E-state index contributed by atoms with van der Waals surface area (Å²) < 4.78 is 13.8. The van der Waals surface area contributed by atoms with E-state index in [4.69, 9.17) is 5.73 Å². The minimum absolute atomic E-state index is 0.147. The van der Waals surface area contributed by atoms with Crippen molar-refractivity contribution in [2.45, 2.75) is 38.8 Å². The van der Waals surface area contributed by atoms with Crippen LogP contribution in [0, 0.1) is 12.7 Å². The van der Waals surface area contributed by atoms with Crippen molar-refractivity contribution < 1.29 is 4.39 Å². The number of nitrogens with zero attached hydrogens (tertiary/aromatic N) is 2. The van der Waals surface area contributed by atoms with Gasteiger partial charge in [-0.15, -0.1) is 0 Å². The van der Waals surface area contributed by atoms with Crippen molar-refractivity contribution in [2.24, 2.45) is 5.73 Å². The van der Waals surface area contributed by atoms with Crippen molar-refractivity contribution in [3.05, 3.63) is 29.1 Å². The first-order valence-electron chi connectivity index (χ1n) is 7.37. The predicted molar refractivity (Wildman–Crippen MR) is 82.7 cm³/mol. The van der Waals surface area contributed by atoms with Crippen LogP contribution >= 0.6 is 0 Å². The zero-order chi connectivity index (χ0) is 14.9. The number of benzene rings is 1. The van der Waals surface area contributed by atoms with Crippen LogP contribution < -0.4 is 10.6 Å². The molecular weight excluding hydrogens is 253 g/mol. The van der Waals surface area contributed by atoms with Crippen LogP contribution in [0.2, 0.25) is 0 Å². The maximum absolute atomic E-state index is 13.8. The highest BCUT2D eigenvalue weighted by Gasteiger charge is 2.23. The van der Waals surface area contributed by atoms with Gasteiger partial charge in [-0.05, 0) is 64.0 Å². The second kappa shape index (κ2) is 6.10. The molecular formula is C16H26FN3. The number of aryl methyl sites for hydroxylation is 1. The Morgan fingerprint density at radius 2 is 1.90 bits per heavy atom. The SMILES string of the molecule is Cc1cc(N2CCC(N(C)C)CC2)c([C@@H](C)N)cc1F. The van der Waals surface area contributed by atoms with E-state index in [-0.39, 0.29) is 11.9 Å². The van der Waals surface area contributed by atoms with Crippen molar-refractivity contribution >= 4 is 5.69 Å². The van der Waals surface area contributed by atoms with Gasteiger partial charge in [-0.2, -0.15) is 0 Å². The summed E-state index contributed by atoms with van der Waals surface area (Å²) in [6, 6.07) is 4.05. The van der Waals surface area contributed by atoms with Crippen LogP contribution in [0.4, 0.5) is 10.1 Å². The van der Waals surface area contributed by atoms with E-state index in [1.54, 1.807) is 6.07 Å². The quantitative estimate of drug-likeness (QED) is 0.923.